The van der Waals surface area contributed by atoms with Crippen LogP contribution in [0.1, 0.15) is 27.7 Å². The summed E-state index contributed by atoms with van der Waals surface area (Å²) in [5.74, 6) is -1.23. The van der Waals surface area contributed by atoms with E-state index in [-0.39, 0.29) is 22.0 Å². The molecule has 0 unspecified atom stereocenters. The van der Waals surface area contributed by atoms with Crippen LogP contribution < -0.4 is 15.6 Å². The first kappa shape index (κ1) is 25.6. The van der Waals surface area contributed by atoms with Crippen LogP contribution in [0.25, 0.3) is 6.08 Å². The van der Waals surface area contributed by atoms with Gasteiger partial charge in [-0.05, 0) is 42.8 Å². The molecule has 2 amide bonds. The zero-order valence-electron chi connectivity index (χ0n) is 19.1. The topological polar surface area (TPSA) is 117 Å². The molecule has 0 bridgehead atoms. The Balaban J connectivity index is 1.87. The summed E-state index contributed by atoms with van der Waals surface area (Å²) in [5.41, 5.74) is 4.53. The highest BCUT2D eigenvalue weighted by molar-refractivity contribution is 7.12. The van der Waals surface area contributed by atoms with Crippen molar-refractivity contribution >= 4 is 57.9 Å². The van der Waals surface area contributed by atoms with Gasteiger partial charge in [0.05, 0.1) is 31.5 Å². The maximum Gasteiger partial charge on any atom is 0.287 e. The quantitative estimate of drug-likeness (QED) is 0.197. The summed E-state index contributed by atoms with van der Waals surface area (Å²) < 4.78 is 0. The fourth-order valence-electron chi connectivity index (χ4n) is 2.89. The fourth-order valence-corrected chi connectivity index (χ4v) is 3.92. The number of amides is 2. The number of nitro groups is 1. The van der Waals surface area contributed by atoms with Gasteiger partial charge in [0.15, 0.2) is 0 Å². The number of hydrazone groups is 1. The molecule has 180 valence electrons. The van der Waals surface area contributed by atoms with E-state index >= 15 is 0 Å². The van der Waals surface area contributed by atoms with E-state index in [4.69, 9.17) is 11.6 Å². The molecule has 11 heteroatoms. The molecule has 0 saturated carbocycles. The number of carbonyl (C=O) groups is 2. The van der Waals surface area contributed by atoms with Crippen LogP contribution in [0.5, 0.6) is 0 Å². The van der Waals surface area contributed by atoms with E-state index in [1.54, 1.807) is 31.2 Å². The van der Waals surface area contributed by atoms with Crippen molar-refractivity contribution in [2.75, 3.05) is 19.0 Å². The van der Waals surface area contributed by atoms with Crippen molar-refractivity contribution in [2.24, 2.45) is 5.10 Å². The second-order valence-corrected chi connectivity index (χ2v) is 8.86. The van der Waals surface area contributed by atoms with Gasteiger partial charge in [-0.25, -0.2) is 5.43 Å². The molecule has 0 spiro atoms. The average molecular weight is 512 g/mol. The van der Waals surface area contributed by atoms with Gasteiger partial charge in [0.2, 0.25) is 0 Å². The van der Waals surface area contributed by atoms with Gasteiger partial charge in [-0.15, -0.1) is 11.3 Å². The lowest BCUT2D eigenvalue weighted by Crippen LogP contribution is -2.33. The van der Waals surface area contributed by atoms with Crippen molar-refractivity contribution < 1.29 is 14.5 Å². The van der Waals surface area contributed by atoms with E-state index < -0.39 is 16.7 Å². The third-order valence-corrected chi connectivity index (χ3v) is 6.17. The van der Waals surface area contributed by atoms with Gasteiger partial charge in [-0.2, -0.15) is 5.10 Å². The Morgan fingerprint density at radius 3 is 2.43 bits per heavy atom. The van der Waals surface area contributed by atoms with Gasteiger partial charge in [0.25, 0.3) is 17.5 Å². The Hall–Kier alpha value is -4.02. The van der Waals surface area contributed by atoms with Crippen LogP contribution >= 0.6 is 22.9 Å². The maximum atomic E-state index is 13.0. The lowest BCUT2D eigenvalue weighted by atomic mass is 10.1. The number of hydrogen-bond donors (Lipinski definition) is 2. The van der Waals surface area contributed by atoms with Crippen molar-refractivity contribution in [3.63, 3.8) is 0 Å². The highest BCUT2D eigenvalue weighted by atomic mass is 35.5. The van der Waals surface area contributed by atoms with E-state index in [0.717, 1.165) is 17.0 Å². The summed E-state index contributed by atoms with van der Waals surface area (Å²) >= 11 is 7.27. The number of halogens is 1. The number of nitrogens with zero attached hydrogens (tertiary/aromatic N) is 3. The van der Waals surface area contributed by atoms with Gasteiger partial charge >= 0.3 is 0 Å². The van der Waals surface area contributed by atoms with Crippen LogP contribution in [0.2, 0.25) is 5.02 Å². The number of benzene rings is 2. The van der Waals surface area contributed by atoms with Crippen molar-refractivity contribution in [1.82, 2.24) is 10.7 Å². The summed E-state index contributed by atoms with van der Waals surface area (Å²) in [7, 11) is 3.83. The number of nitrogens with one attached hydrogen (secondary N) is 2. The first-order valence-electron chi connectivity index (χ1n) is 10.3. The second-order valence-electron chi connectivity index (χ2n) is 7.54. The highest BCUT2D eigenvalue weighted by Gasteiger charge is 2.17. The minimum Gasteiger partial charge on any atom is -0.378 e. The molecule has 0 aliphatic heterocycles. The van der Waals surface area contributed by atoms with Gasteiger partial charge in [0.1, 0.15) is 5.70 Å². The lowest BCUT2D eigenvalue weighted by Gasteiger charge is -2.13. The Morgan fingerprint density at radius 1 is 1.14 bits per heavy atom. The second kappa shape index (κ2) is 11.4. The molecule has 0 atom stereocenters. The molecule has 0 aliphatic rings. The highest BCUT2D eigenvalue weighted by Crippen LogP contribution is 2.22. The van der Waals surface area contributed by atoms with Gasteiger partial charge in [-0.1, -0.05) is 35.9 Å². The number of rotatable bonds is 8. The van der Waals surface area contributed by atoms with Gasteiger partial charge in [-0.3, -0.25) is 19.7 Å². The number of anilines is 1. The van der Waals surface area contributed by atoms with Gasteiger partial charge < -0.3 is 10.2 Å². The van der Waals surface area contributed by atoms with Crippen molar-refractivity contribution in [2.45, 2.75) is 6.92 Å². The largest absolute Gasteiger partial charge is 0.378 e. The Kier molecular flexibility index (Phi) is 8.34. The van der Waals surface area contributed by atoms with Crippen LogP contribution in [0, 0.1) is 10.1 Å². The third-order valence-electron chi connectivity index (χ3n) is 4.81. The Bertz CT molecular complexity index is 1320. The number of thiophene rings is 1. The minimum atomic E-state index is -0.674. The SMILES string of the molecule is C/C(=N\NC(=O)/C(=C\c1ccc(N(C)C)cc1)NC(=O)c1ccccc1Cl)c1cc([N+](=O)[O-])cs1. The molecule has 0 fully saturated rings. The summed E-state index contributed by atoms with van der Waals surface area (Å²) in [6.45, 7) is 1.61. The third kappa shape index (κ3) is 6.75. The normalized spacial score (nSPS) is 11.7. The van der Waals surface area contributed by atoms with Crippen molar-refractivity contribution in [3.8, 4) is 0 Å². The van der Waals surface area contributed by atoms with E-state index in [0.29, 0.717) is 16.2 Å². The first-order chi connectivity index (χ1) is 16.7. The average Bonchev–Trinajstić information content (AvgIpc) is 3.33. The fraction of sp³-hybridized carbons (Fsp3) is 0.125. The number of hydrogen-bond acceptors (Lipinski definition) is 7. The summed E-state index contributed by atoms with van der Waals surface area (Å²) in [5, 5.41) is 19.2. The van der Waals surface area contributed by atoms with E-state index in [1.807, 2.05) is 43.3 Å². The van der Waals surface area contributed by atoms with Crippen molar-refractivity contribution in [3.05, 3.63) is 96.8 Å². The number of carbonyl (C=O) groups excluding carboxylic acids is 2. The molecule has 2 aromatic carbocycles. The van der Waals surface area contributed by atoms with Crippen LogP contribution in [0.3, 0.4) is 0 Å². The molecule has 0 radical (unpaired) electrons. The van der Waals surface area contributed by atoms with E-state index in [1.165, 1.54) is 17.5 Å². The predicted molar refractivity (Wildman–Crippen MR) is 139 cm³/mol. The molecule has 3 aromatic rings. The molecular weight excluding hydrogens is 490 g/mol. The van der Waals surface area contributed by atoms with Crippen molar-refractivity contribution in [1.29, 1.82) is 0 Å². The summed E-state index contributed by atoms with van der Waals surface area (Å²) in [6, 6.07) is 15.2. The van der Waals surface area contributed by atoms with Crippen LogP contribution in [0.15, 0.2) is 70.8 Å². The summed E-state index contributed by atoms with van der Waals surface area (Å²) in [4.78, 5) is 38.7. The molecule has 2 N–H and O–H groups in total. The standard InChI is InChI=1S/C24H22ClN5O4S/c1-15(22-13-18(14-35-22)30(33)34)27-28-24(32)21(12-16-8-10-17(11-9-16)29(2)3)26-23(31)19-6-4-5-7-20(19)25/h4-14H,1-3H3,(H,26,31)(H,28,32)/b21-12+,27-15+. The summed E-state index contributed by atoms with van der Waals surface area (Å²) in [6.07, 6.45) is 1.52. The molecule has 3 rings (SSSR count). The van der Waals surface area contributed by atoms with Crippen LogP contribution in [0.4, 0.5) is 11.4 Å². The zero-order valence-corrected chi connectivity index (χ0v) is 20.7. The lowest BCUT2D eigenvalue weighted by molar-refractivity contribution is -0.384. The first-order valence-corrected chi connectivity index (χ1v) is 11.5. The Labute approximate surface area is 210 Å². The van der Waals surface area contributed by atoms with Gasteiger partial charge in [0, 0.05) is 25.8 Å². The predicted octanol–water partition coefficient (Wildman–Crippen LogP) is 4.69. The van der Waals surface area contributed by atoms with Crippen LogP contribution in [-0.2, 0) is 4.79 Å². The van der Waals surface area contributed by atoms with E-state index in [9.17, 15) is 19.7 Å². The minimum absolute atomic E-state index is 0.0544. The maximum absolute atomic E-state index is 13.0. The van der Waals surface area contributed by atoms with Crippen LogP contribution in [-0.4, -0.2) is 36.5 Å². The molecule has 1 aromatic heterocycles. The monoisotopic (exact) mass is 511 g/mol. The molecule has 1 heterocycles. The molecule has 35 heavy (non-hydrogen) atoms. The molecular formula is C24H22ClN5O4S. The van der Waals surface area contributed by atoms with E-state index in [2.05, 4.69) is 15.8 Å². The Morgan fingerprint density at radius 2 is 1.83 bits per heavy atom. The smallest absolute Gasteiger partial charge is 0.287 e. The molecule has 9 nitrogen and oxygen atoms in total. The molecule has 0 saturated heterocycles. The molecule has 0 aliphatic carbocycles. The zero-order chi connectivity index (χ0) is 25.5.